The Labute approximate surface area is 115 Å². The van der Waals surface area contributed by atoms with Crippen molar-refractivity contribution in [3.05, 3.63) is 0 Å². The van der Waals surface area contributed by atoms with Gasteiger partial charge in [-0.2, -0.15) is 0 Å². The summed E-state index contributed by atoms with van der Waals surface area (Å²) in [6.45, 7) is 6.16. The SMILES string of the molecule is CC(C)C(C(=O)O)C(=O)O.CC1(C)OC(=O)CC(=O)O1. The maximum Gasteiger partial charge on any atom is 0.320 e. The maximum atomic E-state index is 10.6. The standard InChI is InChI=1S/C6H8O4.C6H10O4/c1-6(2)9-4(7)3-5(8)10-6;1-3(2)4(5(7)8)6(9)10/h3H2,1-2H3;3-4H,1-2H3,(H,7,8)(H,9,10). The second kappa shape index (κ2) is 6.88. The topological polar surface area (TPSA) is 127 Å². The highest BCUT2D eigenvalue weighted by molar-refractivity contribution is 5.93. The Morgan fingerprint density at radius 1 is 1.05 bits per heavy atom. The zero-order chi connectivity index (χ0) is 16.1. The van der Waals surface area contributed by atoms with Crippen molar-refractivity contribution in [2.45, 2.75) is 39.9 Å². The second-order valence-electron chi connectivity index (χ2n) is 4.92. The summed E-state index contributed by atoms with van der Waals surface area (Å²) in [6.07, 6.45) is -0.274. The van der Waals surface area contributed by atoms with Gasteiger partial charge in [0.1, 0.15) is 6.42 Å². The van der Waals surface area contributed by atoms with Gasteiger partial charge in [-0.3, -0.25) is 19.2 Å². The molecule has 0 radical (unpaired) electrons. The molecule has 0 spiro atoms. The number of cyclic esters (lactones) is 2. The molecule has 0 aromatic heterocycles. The molecule has 114 valence electrons. The van der Waals surface area contributed by atoms with Crippen molar-refractivity contribution in [2.24, 2.45) is 11.8 Å². The number of aliphatic carboxylic acids is 2. The van der Waals surface area contributed by atoms with Gasteiger partial charge in [0, 0.05) is 13.8 Å². The molecule has 0 aromatic carbocycles. The number of carboxylic acid groups (broad SMARTS) is 2. The number of esters is 2. The van der Waals surface area contributed by atoms with Crippen LogP contribution in [0.4, 0.5) is 0 Å². The Balaban J connectivity index is 0.000000361. The Morgan fingerprint density at radius 3 is 1.55 bits per heavy atom. The van der Waals surface area contributed by atoms with Gasteiger partial charge < -0.3 is 19.7 Å². The van der Waals surface area contributed by atoms with Crippen molar-refractivity contribution < 1.29 is 38.9 Å². The maximum absolute atomic E-state index is 10.6. The molecule has 1 rings (SSSR count). The van der Waals surface area contributed by atoms with Crippen molar-refractivity contribution >= 4 is 23.9 Å². The zero-order valence-electron chi connectivity index (χ0n) is 11.7. The first-order valence-corrected chi connectivity index (χ1v) is 5.85. The van der Waals surface area contributed by atoms with E-state index < -0.39 is 35.6 Å². The average Bonchev–Trinajstić information content (AvgIpc) is 2.10. The van der Waals surface area contributed by atoms with Gasteiger partial charge in [0.2, 0.25) is 0 Å². The summed E-state index contributed by atoms with van der Waals surface area (Å²) in [7, 11) is 0. The van der Waals surface area contributed by atoms with Gasteiger partial charge in [0.25, 0.3) is 5.79 Å². The lowest BCUT2D eigenvalue weighted by Gasteiger charge is -2.28. The van der Waals surface area contributed by atoms with Crippen LogP contribution in [-0.4, -0.2) is 39.9 Å². The summed E-state index contributed by atoms with van der Waals surface area (Å²) in [4.78, 5) is 41.5. The molecule has 0 aromatic rings. The molecule has 0 unspecified atom stereocenters. The van der Waals surface area contributed by atoms with Gasteiger partial charge in [-0.25, -0.2) is 0 Å². The van der Waals surface area contributed by atoms with E-state index in [1.54, 1.807) is 13.8 Å². The molecule has 20 heavy (non-hydrogen) atoms. The summed E-state index contributed by atoms with van der Waals surface area (Å²) in [5, 5.41) is 16.7. The number of hydrogen-bond donors (Lipinski definition) is 2. The number of hydrogen-bond acceptors (Lipinski definition) is 6. The summed E-state index contributed by atoms with van der Waals surface area (Å²) in [5.74, 6) is -6.32. The lowest BCUT2D eigenvalue weighted by atomic mass is 9.97. The van der Waals surface area contributed by atoms with Gasteiger partial charge in [-0.1, -0.05) is 13.8 Å². The summed E-state index contributed by atoms with van der Waals surface area (Å²) in [6, 6.07) is 0. The van der Waals surface area contributed by atoms with Gasteiger partial charge in [0.05, 0.1) is 0 Å². The molecule has 1 saturated heterocycles. The minimum atomic E-state index is -1.28. The second-order valence-corrected chi connectivity index (χ2v) is 4.92. The molecule has 8 nitrogen and oxygen atoms in total. The van der Waals surface area contributed by atoms with E-state index in [1.165, 1.54) is 13.8 Å². The van der Waals surface area contributed by atoms with Crippen molar-refractivity contribution in [1.29, 1.82) is 0 Å². The summed E-state index contributed by atoms with van der Waals surface area (Å²) >= 11 is 0. The predicted molar refractivity (Wildman–Crippen MR) is 64.5 cm³/mol. The van der Waals surface area contributed by atoms with E-state index in [0.717, 1.165) is 0 Å². The minimum absolute atomic E-state index is 0.274. The van der Waals surface area contributed by atoms with Gasteiger partial charge in [-0.05, 0) is 5.92 Å². The third-order valence-electron chi connectivity index (χ3n) is 2.21. The fourth-order valence-corrected chi connectivity index (χ4v) is 1.44. The molecule has 1 aliphatic heterocycles. The lowest BCUT2D eigenvalue weighted by molar-refractivity contribution is -0.231. The zero-order valence-corrected chi connectivity index (χ0v) is 11.7. The third-order valence-corrected chi connectivity index (χ3v) is 2.21. The molecule has 1 aliphatic rings. The Kier molecular flexibility index (Phi) is 6.15. The van der Waals surface area contributed by atoms with E-state index in [-0.39, 0.29) is 12.3 Å². The molecule has 1 heterocycles. The highest BCUT2D eigenvalue weighted by Gasteiger charge is 2.34. The first-order valence-electron chi connectivity index (χ1n) is 5.85. The van der Waals surface area contributed by atoms with Crippen molar-refractivity contribution in [3.8, 4) is 0 Å². The van der Waals surface area contributed by atoms with Gasteiger partial charge in [0.15, 0.2) is 5.92 Å². The van der Waals surface area contributed by atoms with Crippen LogP contribution in [-0.2, 0) is 28.7 Å². The minimum Gasteiger partial charge on any atom is -0.481 e. The van der Waals surface area contributed by atoms with Crippen LogP contribution in [0.5, 0.6) is 0 Å². The van der Waals surface area contributed by atoms with Gasteiger partial charge in [-0.15, -0.1) is 0 Å². The summed E-state index contributed by atoms with van der Waals surface area (Å²) < 4.78 is 9.32. The monoisotopic (exact) mass is 290 g/mol. The van der Waals surface area contributed by atoms with E-state index >= 15 is 0 Å². The highest BCUT2D eigenvalue weighted by atomic mass is 16.7. The van der Waals surface area contributed by atoms with E-state index in [0.29, 0.717) is 0 Å². The van der Waals surface area contributed by atoms with Crippen LogP contribution in [0.2, 0.25) is 0 Å². The Bertz CT molecular complexity index is 374. The smallest absolute Gasteiger partial charge is 0.320 e. The normalized spacial score (nSPS) is 16.9. The van der Waals surface area contributed by atoms with Gasteiger partial charge >= 0.3 is 23.9 Å². The lowest BCUT2D eigenvalue weighted by Crippen LogP contribution is -2.39. The fraction of sp³-hybridized carbons (Fsp3) is 0.667. The number of ether oxygens (including phenoxy) is 2. The van der Waals surface area contributed by atoms with Crippen LogP contribution in [0.1, 0.15) is 34.1 Å². The Hall–Kier alpha value is -2.12. The highest BCUT2D eigenvalue weighted by Crippen LogP contribution is 2.18. The van der Waals surface area contributed by atoms with Crippen LogP contribution in [0.15, 0.2) is 0 Å². The predicted octanol–water partition coefficient (Wildman–Crippen LogP) is 0.640. The van der Waals surface area contributed by atoms with Crippen LogP contribution < -0.4 is 0 Å². The molecule has 0 amide bonds. The molecule has 0 aliphatic carbocycles. The number of carbonyl (C=O) groups is 4. The summed E-state index contributed by atoms with van der Waals surface area (Å²) in [5.41, 5.74) is 0. The van der Waals surface area contributed by atoms with Crippen molar-refractivity contribution in [3.63, 3.8) is 0 Å². The first kappa shape index (κ1) is 17.9. The number of carboxylic acids is 2. The quantitative estimate of drug-likeness (QED) is 0.572. The fourth-order valence-electron chi connectivity index (χ4n) is 1.44. The van der Waals surface area contributed by atoms with Crippen LogP contribution >= 0.6 is 0 Å². The van der Waals surface area contributed by atoms with Crippen molar-refractivity contribution in [2.75, 3.05) is 0 Å². The third kappa shape index (κ3) is 6.17. The van der Waals surface area contributed by atoms with Crippen LogP contribution in [0, 0.1) is 11.8 Å². The number of carbonyl (C=O) groups excluding carboxylic acids is 2. The largest absolute Gasteiger partial charge is 0.481 e. The van der Waals surface area contributed by atoms with E-state index in [1.807, 2.05) is 0 Å². The molecule has 0 bridgehead atoms. The molecule has 2 N–H and O–H groups in total. The molecule has 0 saturated carbocycles. The van der Waals surface area contributed by atoms with Crippen molar-refractivity contribution in [1.82, 2.24) is 0 Å². The average molecular weight is 290 g/mol. The Morgan fingerprint density at radius 2 is 1.40 bits per heavy atom. The molecular weight excluding hydrogens is 272 g/mol. The van der Waals surface area contributed by atoms with Crippen LogP contribution in [0.25, 0.3) is 0 Å². The number of rotatable bonds is 3. The molecule has 8 heteroatoms. The molecule has 0 atom stereocenters. The molecular formula is C12H18O8. The molecule has 1 fully saturated rings. The van der Waals surface area contributed by atoms with Crippen LogP contribution in [0.3, 0.4) is 0 Å². The first-order chi connectivity index (χ1) is 8.96. The van der Waals surface area contributed by atoms with E-state index in [2.05, 4.69) is 9.47 Å². The van der Waals surface area contributed by atoms with E-state index in [9.17, 15) is 19.2 Å². The van der Waals surface area contributed by atoms with E-state index in [4.69, 9.17) is 10.2 Å².